The summed E-state index contributed by atoms with van der Waals surface area (Å²) in [5.74, 6) is -0.957. The molecule has 0 fully saturated rings. The number of fused-ring (bicyclic) bond motifs is 1. The average Bonchev–Trinajstić information content (AvgIpc) is 3.06. The molecule has 0 aliphatic heterocycles. The van der Waals surface area contributed by atoms with Crippen molar-refractivity contribution >= 4 is 17.1 Å². The predicted molar refractivity (Wildman–Crippen MR) is 101 cm³/mol. The van der Waals surface area contributed by atoms with E-state index in [-0.39, 0.29) is 17.3 Å². The standard InChI is InChI=1S/C19H14N4O3.H3N/c24-18-16-17(20-10-21-18)22-11-23(16)9-12-5-7-13(8-6-12)14-3-1-2-4-15(14)19(25)26;/h1-8,10-11H,9H2,(H,25,26)(H,20,21,24);1H3. The number of aromatic carboxylic acids is 1. The Labute approximate surface area is 153 Å². The van der Waals surface area contributed by atoms with Gasteiger partial charge < -0.3 is 20.8 Å². The summed E-state index contributed by atoms with van der Waals surface area (Å²) in [5, 5.41) is 9.33. The minimum atomic E-state index is -0.957. The van der Waals surface area contributed by atoms with Gasteiger partial charge in [-0.15, -0.1) is 0 Å². The number of carbonyl (C=O) groups is 1. The monoisotopic (exact) mass is 363 g/mol. The lowest BCUT2D eigenvalue weighted by Gasteiger charge is -2.08. The van der Waals surface area contributed by atoms with Gasteiger partial charge in [0.05, 0.1) is 18.2 Å². The van der Waals surface area contributed by atoms with Crippen molar-refractivity contribution in [1.29, 1.82) is 0 Å². The first kappa shape index (κ1) is 18.0. The second-order valence-electron chi connectivity index (χ2n) is 5.82. The molecule has 0 aliphatic carbocycles. The van der Waals surface area contributed by atoms with Crippen molar-refractivity contribution in [2.45, 2.75) is 6.54 Å². The topological polar surface area (TPSA) is 136 Å². The Morgan fingerprint density at radius 3 is 2.56 bits per heavy atom. The summed E-state index contributed by atoms with van der Waals surface area (Å²) in [6.45, 7) is 0.464. The molecule has 0 atom stereocenters. The van der Waals surface area contributed by atoms with Gasteiger partial charge in [0.2, 0.25) is 0 Å². The molecule has 0 aliphatic rings. The van der Waals surface area contributed by atoms with E-state index in [1.807, 2.05) is 30.3 Å². The van der Waals surface area contributed by atoms with Gasteiger partial charge in [-0.3, -0.25) is 4.79 Å². The normalized spacial score (nSPS) is 10.5. The number of carboxylic acids is 1. The molecule has 0 amide bonds. The zero-order valence-electron chi connectivity index (χ0n) is 14.3. The Morgan fingerprint density at radius 2 is 1.81 bits per heavy atom. The molecule has 27 heavy (non-hydrogen) atoms. The maximum atomic E-state index is 12.0. The minimum absolute atomic E-state index is 0. The van der Waals surface area contributed by atoms with Crippen molar-refractivity contribution in [2.24, 2.45) is 0 Å². The first-order valence-electron chi connectivity index (χ1n) is 7.93. The predicted octanol–water partition coefficient (Wildman–Crippen LogP) is 2.70. The number of H-pyrrole nitrogens is 1. The summed E-state index contributed by atoms with van der Waals surface area (Å²) in [5.41, 5.74) is 3.30. The van der Waals surface area contributed by atoms with Crippen molar-refractivity contribution in [3.05, 3.63) is 82.7 Å². The summed E-state index contributed by atoms with van der Waals surface area (Å²) >= 11 is 0. The number of rotatable bonds is 4. The highest BCUT2D eigenvalue weighted by molar-refractivity contribution is 5.96. The van der Waals surface area contributed by atoms with Crippen LogP contribution in [0.3, 0.4) is 0 Å². The third-order valence-corrected chi connectivity index (χ3v) is 4.19. The van der Waals surface area contributed by atoms with E-state index in [1.165, 1.54) is 6.33 Å². The number of hydrogen-bond acceptors (Lipinski definition) is 5. The number of carboxylic acid groups (broad SMARTS) is 1. The van der Waals surface area contributed by atoms with Crippen LogP contribution >= 0.6 is 0 Å². The highest BCUT2D eigenvalue weighted by Gasteiger charge is 2.11. The molecular formula is C19H17N5O3. The summed E-state index contributed by atoms with van der Waals surface area (Å²) in [6.07, 6.45) is 2.91. The second kappa shape index (κ2) is 7.22. The summed E-state index contributed by atoms with van der Waals surface area (Å²) in [4.78, 5) is 34.1. The van der Waals surface area contributed by atoms with E-state index in [2.05, 4.69) is 15.0 Å². The fourth-order valence-electron chi connectivity index (χ4n) is 2.95. The lowest BCUT2D eigenvalue weighted by atomic mass is 9.99. The van der Waals surface area contributed by atoms with Crippen molar-refractivity contribution in [3.63, 3.8) is 0 Å². The van der Waals surface area contributed by atoms with Gasteiger partial charge in [-0.25, -0.2) is 14.8 Å². The lowest BCUT2D eigenvalue weighted by molar-refractivity contribution is 0.0697. The van der Waals surface area contributed by atoms with Gasteiger partial charge in [0.25, 0.3) is 5.56 Å². The SMILES string of the molecule is N.O=C(O)c1ccccc1-c1ccc(Cn2cnc3nc[nH]c(=O)c32)cc1. The fourth-order valence-corrected chi connectivity index (χ4v) is 2.95. The van der Waals surface area contributed by atoms with Gasteiger partial charge >= 0.3 is 5.97 Å². The van der Waals surface area contributed by atoms with Gasteiger partial charge in [0.15, 0.2) is 11.2 Å². The Bertz CT molecular complexity index is 1160. The van der Waals surface area contributed by atoms with E-state index < -0.39 is 5.97 Å². The van der Waals surface area contributed by atoms with Crippen LogP contribution in [0, 0.1) is 0 Å². The van der Waals surface area contributed by atoms with Gasteiger partial charge in [0.1, 0.15) is 0 Å². The summed E-state index contributed by atoms with van der Waals surface area (Å²) < 4.78 is 1.74. The molecule has 2 aromatic carbocycles. The third kappa shape index (κ3) is 3.33. The number of imidazole rings is 1. The molecular weight excluding hydrogens is 346 g/mol. The van der Waals surface area contributed by atoms with Crippen LogP contribution in [0.1, 0.15) is 15.9 Å². The minimum Gasteiger partial charge on any atom is -0.478 e. The van der Waals surface area contributed by atoms with Crippen LogP contribution in [0.15, 0.2) is 66.0 Å². The number of hydrogen-bond donors (Lipinski definition) is 3. The highest BCUT2D eigenvalue weighted by atomic mass is 16.4. The van der Waals surface area contributed by atoms with E-state index >= 15 is 0 Å². The highest BCUT2D eigenvalue weighted by Crippen LogP contribution is 2.24. The molecule has 0 saturated heterocycles. The number of aromatic nitrogens is 4. The van der Waals surface area contributed by atoms with Gasteiger partial charge in [-0.05, 0) is 22.8 Å². The largest absolute Gasteiger partial charge is 0.478 e. The zero-order chi connectivity index (χ0) is 18.1. The number of benzene rings is 2. The van der Waals surface area contributed by atoms with Crippen LogP contribution in [0.2, 0.25) is 0 Å². The molecule has 0 saturated carbocycles. The van der Waals surface area contributed by atoms with Crippen LogP contribution in [0.4, 0.5) is 0 Å². The number of aromatic amines is 1. The van der Waals surface area contributed by atoms with E-state index in [0.717, 1.165) is 11.1 Å². The molecule has 0 unspecified atom stereocenters. The first-order valence-corrected chi connectivity index (χ1v) is 7.93. The third-order valence-electron chi connectivity index (χ3n) is 4.19. The average molecular weight is 363 g/mol. The van der Waals surface area contributed by atoms with Crippen LogP contribution in [-0.2, 0) is 6.54 Å². The maximum Gasteiger partial charge on any atom is 0.336 e. The smallest absolute Gasteiger partial charge is 0.336 e. The molecule has 0 bridgehead atoms. The van der Waals surface area contributed by atoms with E-state index in [0.29, 0.717) is 23.3 Å². The molecule has 2 heterocycles. The summed E-state index contributed by atoms with van der Waals surface area (Å²) in [6, 6.07) is 14.4. The molecule has 0 spiro atoms. The number of nitrogens with one attached hydrogen (secondary N) is 1. The van der Waals surface area contributed by atoms with Gasteiger partial charge in [-0.2, -0.15) is 0 Å². The Morgan fingerprint density at radius 1 is 1.07 bits per heavy atom. The van der Waals surface area contributed by atoms with E-state index in [4.69, 9.17) is 0 Å². The fraction of sp³-hybridized carbons (Fsp3) is 0.0526. The molecule has 2 aromatic heterocycles. The van der Waals surface area contributed by atoms with Crippen molar-refractivity contribution in [1.82, 2.24) is 25.7 Å². The van der Waals surface area contributed by atoms with Gasteiger partial charge in [-0.1, -0.05) is 42.5 Å². The number of nitrogens with zero attached hydrogens (tertiary/aromatic N) is 3. The van der Waals surface area contributed by atoms with Crippen molar-refractivity contribution in [2.75, 3.05) is 0 Å². The molecule has 8 nitrogen and oxygen atoms in total. The van der Waals surface area contributed by atoms with Crippen LogP contribution in [-0.4, -0.2) is 30.6 Å². The Kier molecular flexibility index (Phi) is 4.82. The molecule has 4 rings (SSSR count). The van der Waals surface area contributed by atoms with E-state index in [9.17, 15) is 14.7 Å². The zero-order valence-corrected chi connectivity index (χ0v) is 14.3. The van der Waals surface area contributed by atoms with Crippen LogP contribution < -0.4 is 11.7 Å². The summed E-state index contributed by atoms with van der Waals surface area (Å²) in [7, 11) is 0. The maximum absolute atomic E-state index is 12.0. The van der Waals surface area contributed by atoms with Crippen LogP contribution in [0.5, 0.6) is 0 Å². The molecule has 8 heteroatoms. The molecule has 0 radical (unpaired) electrons. The first-order chi connectivity index (χ1) is 12.6. The quantitative estimate of drug-likeness (QED) is 0.510. The second-order valence-corrected chi connectivity index (χ2v) is 5.82. The molecule has 4 aromatic rings. The lowest BCUT2D eigenvalue weighted by Crippen LogP contribution is -2.11. The Hall–Kier alpha value is -3.78. The van der Waals surface area contributed by atoms with Crippen molar-refractivity contribution in [3.8, 4) is 11.1 Å². The van der Waals surface area contributed by atoms with Crippen LogP contribution in [0.25, 0.3) is 22.3 Å². The Balaban J connectivity index is 0.00000210. The van der Waals surface area contributed by atoms with Crippen molar-refractivity contribution < 1.29 is 9.90 Å². The molecule has 136 valence electrons. The van der Waals surface area contributed by atoms with Gasteiger partial charge in [0, 0.05) is 6.54 Å². The van der Waals surface area contributed by atoms with E-state index in [1.54, 1.807) is 29.1 Å². The molecule has 5 N–H and O–H groups in total.